The second kappa shape index (κ2) is 13.4. The molecule has 0 fully saturated rings. The summed E-state index contributed by atoms with van der Waals surface area (Å²) in [6, 6.07) is 0.457. The van der Waals surface area contributed by atoms with Crippen molar-refractivity contribution in [1.29, 1.82) is 0 Å². The lowest BCUT2D eigenvalue weighted by atomic mass is 10.2. The van der Waals surface area contributed by atoms with Gasteiger partial charge >= 0.3 is 0 Å². The van der Waals surface area contributed by atoms with E-state index in [1.54, 1.807) is 7.05 Å². The fourth-order valence-electron chi connectivity index (χ4n) is 1.23. The van der Waals surface area contributed by atoms with E-state index in [2.05, 4.69) is 43.3 Å². The summed E-state index contributed by atoms with van der Waals surface area (Å²) in [5.41, 5.74) is 0. The number of hydrogen-bond acceptors (Lipinski definition) is 2. The van der Waals surface area contributed by atoms with Crippen LogP contribution in [0.4, 0.5) is 0 Å². The SMILES string of the molecule is CCC(C)NC(=NC)NCCCOCC(C)C.I. The number of aliphatic imine (C=N–C) groups is 1. The molecule has 0 spiro atoms. The molecule has 0 aromatic carbocycles. The first kappa shape index (κ1) is 20.3. The van der Waals surface area contributed by atoms with E-state index < -0.39 is 0 Å². The zero-order valence-corrected chi connectivity index (χ0v) is 14.8. The van der Waals surface area contributed by atoms with E-state index in [0.29, 0.717) is 12.0 Å². The van der Waals surface area contributed by atoms with Gasteiger partial charge in [-0.2, -0.15) is 0 Å². The molecule has 1 unspecified atom stereocenters. The maximum absolute atomic E-state index is 5.51. The summed E-state index contributed by atoms with van der Waals surface area (Å²) < 4.78 is 5.51. The zero-order chi connectivity index (χ0) is 13.1. The normalized spacial score (nSPS) is 13.1. The molecule has 1 atom stereocenters. The van der Waals surface area contributed by atoms with Gasteiger partial charge in [0.15, 0.2) is 5.96 Å². The summed E-state index contributed by atoms with van der Waals surface area (Å²) in [5, 5.41) is 6.61. The van der Waals surface area contributed by atoms with Crippen molar-refractivity contribution in [3.63, 3.8) is 0 Å². The fraction of sp³-hybridized carbons (Fsp3) is 0.923. The third-order valence-electron chi connectivity index (χ3n) is 2.43. The first-order valence-electron chi connectivity index (χ1n) is 6.65. The van der Waals surface area contributed by atoms with Crippen LogP contribution in [0.5, 0.6) is 0 Å². The standard InChI is InChI=1S/C13H29N3O.HI/c1-6-12(4)16-13(14-5)15-8-7-9-17-10-11(2)3;/h11-12H,6-10H2,1-5H3,(H2,14,15,16);1H. The van der Waals surface area contributed by atoms with Gasteiger partial charge < -0.3 is 15.4 Å². The van der Waals surface area contributed by atoms with E-state index in [0.717, 1.165) is 38.6 Å². The average molecular weight is 371 g/mol. The lowest BCUT2D eigenvalue weighted by Crippen LogP contribution is -2.42. The number of hydrogen-bond donors (Lipinski definition) is 2. The summed E-state index contributed by atoms with van der Waals surface area (Å²) in [6.07, 6.45) is 2.10. The van der Waals surface area contributed by atoms with Crippen LogP contribution in [0.25, 0.3) is 0 Å². The minimum absolute atomic E-state index is 0. The third kappa shape index (κ3) is 12.4. The summed E-state index contributed by atoms with van der Waals surface area (Å²) in [6.45, 7) is 11.2. The Bertz CT molecular complexity index is 210. The highest BCUT2D eigenvalue weighted by Crippen LogP contribution is 1.93. The van der Waals surface area contributed by atoms with Crippen molar-refractivity contribution in [3.8, 4) is 0 Å². The minimum Gasteiger partial charge on any atom is -0.381 e. The summed E-state index contributed by atoms with van der Waals surface area (Å²) in [4.78, 5) is 4.18. The van der Waals surface area contributed by atoms with Crippen LogP contribution < -0.4 is 10.6 Å². The van der Waals surface area contributed by atoms with Crippen LogP contribution in [-0.4, -0.2) is 38.8 Å². The molecular weight excluding hydrogens is 341 g/mol. The Balaban J connectivity index is 0. The lowest BCUT2D eigenvalue weighted by molar-refractivity contribution is 0.108. The van der Waals surface area contributed by atoms with Crippen molar-refractivity contribution in [2.24, 2.45) is 10.9 Å². The molecule has 0 aliphatic rings. The van der Waals surface area contributed by atoms with Gasteiger partial charge in [-0.25, -0.2) is 0 Å². The highest BCUT2D eigenvalue weighted by atomic mass is 127. The van der Waals surface area contributed by atoms with E-state index in [9.17, 15) is 0 Å². The molecule has 0 saturated carbocycles. The van der Waals surface area contributed by atoms with Gasteiger partial charge in [0.1, 0.15) is 0 Å². The molecule has 0 bridgehead atoms. The summed E-state index contributed by atoms with van der Waals surface area (Å²) in [5.74, 6) is 1.49. The van der Waals surface area contributed by atoms with Gasteiger partial charge in [-0.1, -0.05) is 20.8 Å². The monoisotopic (exact) mass is 371 g/mol. The van der Waals surface area contributed by atoms with E-state index in [4.69, 9.17) is 4.74 Å². The molecule has 0 amide bonds. The predicted octanol–water partition coefficient (Wildman–Crippen LogP) is 2.63. The fourth-order valence-corrected chi connectivity index (χ4v) is 1.23. The molecule has 18 heavy (non-hydrogen) atoms. The molecule has 0 aliphatic carbocycles. The predicted molar refractivity (Wildman–Crippen MR) is 89.9 cm³/mol. The minimum atomic E-state index is 0. The van der Waals surface area contributed by atoms with Gasteiger partial charge in [-0.3, -0.25) is 4.99 Å². The highest BCUT2D eigenvalue weighted by molar-refractivity contribution is 14.0. The smallest absolute Gasteiger partial charge is 0.191 e. The maximum Gasteiger partial charge on any atom is 0.191 e. The topological polar surface area (TPSA) is 45.7 Å². The molecule has 5 heteroatoms. The van der Waals surface area contributed by atoms with Gasteiger partial charge in [0, 0.05) is 32.8 Å². The van der Waals surface area contributed by atoms with Crippen LogP contribution in [0, 0.1) is 5.92 Å². The van der Waals surface area contributed by atoms with Crippen molar-refractivity contribution in [2.75, 3.05) is 26.8 Å². The van der Waals surface area contributed by atoms with E-state index >= 15 is 0 Å². The largest absolute Gasteiger partial charge is 0.381 e. The molecule has 0 aromatic heterocycles. The second-order valence-corrected chi connectivity index (χ2v) is 4.77. The molecule has 0 heterocycles. The Hall–Kier alpha value is -0.0400. The zero-order valence-electron chi connectivity index (χ0n) is 12.5. The molecule has 4 nitrogen and oxygen atoms in total. The van der Waals surface area contributed by atoms with Gasteiger partial charge in [-0.15, -0.1) is 24.0 Å². The first-order valence-corrected chi connectivity index (χ1v) is 6.65. The van der Waals surface area contributed by atoms with Gasteiger partial charge in [0.05, 0.1) is 0 Å². The Kier molecular flexibility index (Phi) is 15.1. The number of halogens is 1. The Morgan fingerprint density at radius 3 is 2.44 bits per heavy atom. The van der Waals surface area contributed by atoms with Crippen molar-refractivity contribution >= 4 is 29.9 Å². The number of nitrogens with one attached hydrogen (secondary N) is 2. The van der Waals surface area contributed by atoms with E-state index in [-0.39, 0.29) is 24.0 Å². The number of guanidine groups is 1. The van der Waals surface area contributed by atoms with Gasteiger partial charge in [0.25, 0.3) is 0 Å². The highest BCUT2D eigenvalue weighted by Gasteiger charge is 2.01. The van der Waals surface area contributed by atoms with Crippen molar-refractivity contribution in [3.05, 3.63) is 0 Å². The third-order valence-corrected chi connectivity index (χ3v) is 2.43. The van der Waals surface area contributed by atoms with Crippen LogP contribution in [0.2, 0.25) is 0 Å². The first-order chi connectivity index (χ1) is 8.10. The molecule has 0 aliphatic heterocycles. The molecule has 0 radical (unpaired) electrons. The maximum atomic E-state index is 5.51. The average Bonchev–Trinajstić information content (AvgIpc) is 2.31. The van der Waals surface area contributed by atoms with Crippen molar-refractivity contribution in [2.45, 2.75) is 46.6 Å². The molecule has 2 N–H and O–H groups in total. The summed E-state index contributed by atoms with van der Waals surface area (Å²) >= 11 is 0. The Morgan fingerprint density at radius 1 is 1.28 bits per heavy atom. The van der Waals surface area contributed by atoms with E-state index in [1.807, 2.05) is 0 Å². The van der Waals surface area contributed by atoms with Crippen LogP contribution in [0.15, 0.2) is 4.99 Å². The van der Waals surface area contributed by atoms with Gasteiger partial charge in [0.2, 0.25) is 0 Å². The second-order valence-electron chi connectivity index (χ2n) is 4.77. The molecule has 0 rings (SSSR count). The van der Waals surface area contributed by atoms with Crippen LogP contribution >= 0.6 is 24.0 Å². The number of rotatable bonds is 8. The quantitative estimate of drug-likeness (QED) is 0.298. The summed E-state index contributed by atoms with van der Waals surface area (Å²) in [7, 11) is 1.80. The van der Waals surface area contributed by atoms with Crippen molar-refractivity contribution < 1.29 is 4.74 Å². The van der Waals surface area contributed by atoms with Crippen molar-refractivity contribution in [1.82, 2.24) is 10.6 Å². The van der Waals surface area contributed by atoms with Crippen LogP contribution in [0.1, 0.15) is 40.5 Å². The molecular formula is C13H30IN3O. The van der Waals surface area contributed by atoms with Gasteiger partial charge in [-0.05, 0) is 25.7 Å². The van der Waals surface area contributed by atoms with E-state index in [1.165, 1.54) is 0 Å². The van der Waals surface area contributed by atoms with Crippen LogP contribution in [0.3, 0.4) is 0 Å². The Morgan fingerprint density at radius 2 is 1.94 bits per heavy atom. The number of nitrogens with zero attached hydrogens (tertiary/aromatic N) is 1. The Labute approximate surface area is 129 Å². The molecule has 0 saturated heterocycles. The lowest BCUT2D eigenvalue weighted by Gasteiger charge is -2.16. The number of ether oxygens (including phenoxy) is 1. The molecule has 0 aromatic rings. The van der Waals surface area contributed by atoms with Crippen LogP contribution in [-0.2, 0) is 4.74 Å². The molecule has 110 valence electrons.